The van der Waals surface area contributed by atoms with Gasteiger partial charge < -0.3 is 5.32 Å². The van der Waals surface area contributed by atoms with Crippen molar-refractivity contribution in [3.8, 4) is 0 Å². The zero-order valence-corrected chi connectivity index (χ0v) is 15.1. The van der Waals surface area contributed by atoms with Gasteiger partial charge >= 0.3 is 6.03 Å². The lowest BCUT2D eigenvalue weighted by Gasteiger charge is -2.19. The summed E-state index contributed by atoms with van der Waals surface area (Å²) >= 11 is 9.41. The maximum atomic E-state index is 12.9. The summed E-state index contributed by atoms with van der Waals surface area (Å²) in [5.74, 6) is -0.247. The SMILES string of the molecule is CC1(c2cccs2)NC(=O)N(Cc2sc3ccccc3c2Cl)C1=O. The van der Waals surface area contributed by atoms with Gasteiger partial charge in [-0.3, -0.25) is 9.69 Å². The number of hydrogen-bond donors (Lipinski definition) is 1. The predicted octanol–water partition coefficient (Wildman–Crippen LogP) is 4.58. The third-order valence-electron chi connectivity index (χ3n) is 4.19. The molecule has 2 aromatic heterocycles. The van der Waals surface area contributed by atoms with E-state index in [9.17, 15) is 9.59 Å². The molecular formula is C17H13ClN2O2S2. The first-order chi connectivity index (χ1) is 11.5. The number of halogens is 1. The molecule has 3 aromatic rings. The molecule has 1 aliphatic rings. The van der Waals surface area contributed by atoms with Crippen molar-refractivity contribution in [3.05, 3.63) is 56.6 Å². The number of imide groups is 1. The van der Waals surface area contributed by atoms with E-state index in [1.54, 1.807) is 6.92 Å². The van der Waals surface area contributed by atoms with E-state index in [4.69, 9.17) is 11.6 Å². The summed E-state index contributed by atoms with van der Waals surface area (Å²) in [6.45, 7) is 1.93. The molecule has 0 saturated carbocycles. The summed E-state index contributed by atoms with van der Waals surface area (Å²) in [7, 11) is 0. The molecule has 1 aromatic carbocycles. The maximum absolute atomic E-state index is 12.9. The predicted molar refractivity (Wildman–Crippen MR) is 97.6 cm³/mol. The number of urea groups is 1. The van der Waals surface area contributed by atoms with Gasteiger partial charge in [-0.1, -0.05) is 35.9 Å². The molecule has 1 N–H and O–H groups in total. The summed E-state index contributed by atoms with van der Waals surface area (Å²) in [5.41, 5.74) is -1.01. The maximum Gasteiger partial charge on any atom is 0.325 e. The van der Waals surface area contributed by atoms with Gasteiger partial charge in [0, 0.05) is 19.8 Å². The van der Waals surface area contributed by atoms with Gasteiger partial charge in [-0.15, -0.1) is 22.7 Å². The monoisotopic (exact) mass is 376 g/mol. The van der Waals surface area contributed by atoms with Crippen LogP contribution in [0.4, 0.5) is 4.79 Å². The number of rotatable bonds is 3. The molecule has 1 saturated heterocycles. The quantitative estimate of drug-likeness (QED) is 0.680. The van der Waals surface area contributed by atoms with Gasteiger partial charge in [-0.2, -0.15) is 0 Å². The average Bonchev–Trinajstić information content (AvgIpc) is 3.25. The third-order valence-corrected chi connectivity index (χ3v) is 6.98. The number of benzene rings is 1. The number of amides is 3. The normalized spacial score (nSPS) is 20.8. The summed E-state index contributed by atoms with van der Waals surface area (Å²) in [4.78, 5) is 28.2. The molecule has 24 heavy (non-hydrogen) atoms. The van der Waals surface area contributed by atoms with E-state index in [-0.39, 0.29) is 18.5 Å². The third kappa shape index (κ3) is 2.25. The second-order valence-corrected chi connectivity index (χ2v) is 8.22. The van der Waals surface area contributed by atoms with Crippen molar-refractivity contribution in [1.29, 1.82) is 0 Å². The molecule has 4 nitrogen and oxygen atoms in total. The molecule has 3 amide bonds. The highest BCUT2D eigenvalue weighted by Crippen LogP contribution is 2.38. The Balaban J connectivity index is 1.68. The molecule has 0 radical (unpaired) electrons. The van der Waals surface area contributed by atoms with E-state index >= 15 is 0 Å². The van der Waals surface area contributed by atoms with Crippen molar-refractivity contribution in [2.45, 2.75) is 19.0 Å². The Morgan fingerprint density at radius 1 is 1.21 bits per heavy atom. The molecule has 0 spiro atoms. The van der Waals surface area contributed by atoms with Gasteiger partial charge in [0.05, 0.1) is 11.6 Å². The van der Waals surface area contributed by atoms with Gasteiger partial charge in [0.1, 0.15) is 0 Å². The lowest BCUT2D eigenvalue weighted by molar-refractivity contribution is -0.131. The smallest absolute Gasteiger partial charge is 0.319 e. The fourth-order valence-corrected chi connectivity index (χ4v) is 5.20. The van der Waals surface area contributed by atoms with Crippen molar-refractivity contribution in [3.63, 3.8) is 0 Å². The second-order valence-electron chi connectivity index (χ2n) is 5.76. The first-order valence-corrected chi connectivity index (χ1v) is 9.42. The van der Waals surface area contributed by atoms with Crippen LogP contribution in [0.5, 0.6) is 0 Å². The first kappa shape index (κ1) is 15.6. The highest BCUT2D eigenvalue weighted by Gasteiger charge is 2.49. The summed E-state index contributed by atoms with van der Waals surface area (Å²) < 4.78 is 1.05. The van der Waals surface area contributed by atoms with Crippen molar-refractivity contribution < 1.29 is 9.59 Å². The van der Waals surface area contributed by atoms with Crippen LogP contribution in [0.2, 0.25) is 5.02 Å². The van der Waals surface area contributed by atoms with Crippen LogP contribution in [-0.4, -0.2) is 16.8 Å². The number of hydrogen-bond acceptors (Lipinski definition) is 4. The Morgan fingerprint density at radius 3 is 2.71 bits per heavy atom. The molecule has 1 fully saturated rings. The minimum absolute atomic E-state index is 0.184. The van der Waals surface area contributed by atoms with E-state index < -0.39 is 5.54 Å². The van der Waals surface area contributed by atoms with Gasteiger partial charge in [0.25, 0.3) is 5.91 Å². The Labute approximate surface area is 151 Å². The molecule has 4 rings (SSSR count). The van der Waals surface area contributed by atoms with E-state index in [0.717, 1.165) is 19.8 Å². The van der Waals surface area contributed by atoms with Crippen molar-refractivity contribution in [1.82, 2.24) is 10.2 Å². The number of thiophene rings is 2. The van der Waals surface area contributed by atoms with Gasteiger partial charge in [0.15, 0.2) is 5.54 Å². The zero-order valence-electron chi connectivity index (χ0n) is 12.7. The largest absolute Gasteiger partial charge is 0.325 e. The Hall–Kier alpha value is -1.89. The number of fused-ring (bicyclic) bond motifs is 1. The molecule has 122 valence electrons. The van der Waals surface area contributed by atoms with Gasteiger partial charge in [-0.05, 0) is 24.4 Å². The minimum Gasteiger partial charge on any atom is -0.319 e. The highest BCUT2D eigenvalue weighted by atomic mass is 35.5. The lowest BCUT2D eigenvalue weighted by Crippen LogP contribution is -2.40. The van der Waals surface area contributed by atoms with Crippen molar-refractivity contribution in [2.75, 3.05) is 0 Å². The van der Waals surface area contributed by atoms with E-state index in [0.29, 0.717) is 5.02 Å². The number of carbonyl (C=O) groups excluding carboxylic acids is 2. The van der Waals surface area contributed by atoms with Crippen LogP contribution in [0.1, 0.15) is 16.7 Å². The summed E-state index contributed by atoms with van der Waals surface area (Å²) in [6, 6.07) is 11.1. The van der Waals surface area contributed by atoms with Gasteiger partial charge in [0.2, 0.25) is 0 Å². The summed E-state index contributed by atoms with van der Waals surface area (Å²) in [6.07, 6.45) is 0. The Morgan fingerprint density at radius 2 is 2.00 bits per heavy atom. The van der Waals surface area contributed by atoms with Crippen LogP contribution in [0.15, 0.2) is 41.8 Å². The zero-order chi connectivity index (χ0) is 16.9. The van der Waals surface area contributed by atoms with Crippen LogP contribution in [0, 0.1) is 0 Å². The Kier molecular flexibility index (Phi) is 3.63. The molecule has 1 unspecified atom stereocenters. The van der Waals surface area contributed by atoms with E-state index in [1.807, 2.05) is 41.8 Å². The van der Waals surface area contributed by atoms with Crippen molar-refractivity contribution in [2.24, 2.45) is 0 Å². The standard InChI is InChI=1S/C17H13ClN2O2S2/c1-17(13-7-4-8-23-13)15(21)20(16(22)19-17)9-12-14(18)10-5-2-3-6-11(10)24-12/h2-8H,9H2,1H3,(H,19,22). The summed E-state index contributed by atoms with van der Waals surface area (Å²) in [5, 5.41) is 6.27. The Bertz CT molecular complexity index is 951. The highest BCUT2D eigenvalue weighted by molar-refractivity contribution is 7.19. The van der Waals surface area contributed by atoms with Gasteiger partial charge in [-0.25, -0.2) is 4.79 Å². The molecule has 7 heteroatoms. The molecule has 3 heterocycles. The molecular weight excluding hydrogens is 364 g/mol. The minimum atomic E-state index is -1.01. The van der Waals surface area contributed by atoms with Crippen LogP contribution >= 0.6 is 34.3 Å². The number of carbonyl (C=O) groups is 2. The van der Waals surface area contributed by atoms with E-state index in [1.165, 1.54) is 27.6 Å². The fraction of sp³-hybridized carbons (Fsp3) is 0.176. The topological polar surface area (TPSA) is 49.4 Å². The van der Waals surface area contributed by atoms with Crippen molar-refractivity contribution >= 4 is 56.3 Å². The van der Waals surface area contributed by atoms with Crippen LogP contribution in [-0.2, 0) is 16.9 Å². The van der Waals surface area contributed by atoms with Crippen LogP contribution in [0.25, 0.3) is 10.1 Å². The molecule has 0 aliphatic carbocycles. The number of nitrogens with zero attached hydrogens (tertiary/aromatic N) is 1. The lowest BCUT2D eigenvalue weighted by atomic mass is 10.0. The molecule has 1 aliphatic heterocycles. The molecule has 1 atom stereocenters. The number of nitrogens with one attached hydrogen (secondary N) is 1. The fourth-order valence-electron chi connectivity index (χ4n) is 2.88. The van der Waals surface area contributed by atoms with Crippen LogP contribution in [0.3, 0.4) is 0 Å². The van der Waals surface area contributed by atoms with E-state index in [2.05, 4.69) is 5.32 Å². The first-order valence-electron chi connectivity index (χ1n) is 7.34. The second kappa shape index (κ2) is 5.58. The molecule has 0 bridgehead atoms. The average molecular weight is 377 g/mol. The van der Waals surface area contributed by atoms with Crippen LogP contribution < -0.4 is 5.32 Å².